The van der Waals surface area contributed by atoms with Crippen LogP contribution in [0.3, 0.4) is 0 Å². The van der Waals surface area contributed by atoms with Crippen LogP contribution in [0.5, 0.6) is 0 Å². The molecule has 1 fully saturated rings. The quantitative estimate of drug-likeness (QED) is 0.466. The molecule has 0 bridgehead atoms. The molecular formula is C23H23ClN6O3. The molecule has 0 spiro atoms. The van der Waals surface area contributed by atoms with Gasteiger partial charge in [0.05, 0.1) is 22.8 Å². The number of aromatic nitrogens is 3. The van der Waals surface area contributed by atoms with E-state index in [0.29, 0.717) is 35.6 Å². The van der Waals surface area contributed by atoms with Crippen molar-refractivity contribution in [3.63, 3.8) is 0 Å². The number of benzene rings is 1. The smallest absolute Gasteiger partial charge is 0.356 e. The van der Waals surface area contributed by atoms with Gasteiger partial charge < -0.3 is 20.4 Å². The predicted molar refractivity (Wildman–Crippen MR) is 125 cm³/mol. The predicted octanol–water partition coefficient (Wildman–Crippen LogP) is 3.55. The van der Waals surface area contributed by atoms with E-state index in [1.165, 1.54) is 6.07 Å². The highest BCUT2D eigenvalue weighted by atomic mass is 35.5. The number of hydrogen-bond acceptors (Lipinski definition) is 8. The Bertz CT molecular complexity index is 1280. The van der Waals surface area contributed by atoms with Crippen molar-refractivity contribution >= 4 is 40.1 Å². The van der Waals surface area contributed by atoms with Crippen molar-refractivity contribution in [3.05, 3.63) is 51.9 Å². The van der Waals surface area contributed by atoms with Crippen molar-refractivity contribution in [2.45, 2.75) is 26.3 Å². The summed E-state index contributed by atoms with van der Waals surface area (Å²) in [6, 6.07) is 8.76. The van der Waals surface area contributed by atoms with Gasteiger partial charge in [0.1, 0.15) is 11.2 Å². The summed E-state index contributed by atoms with van der Waals surface area (Å²) in [6.07, 6.45) is 0.821. The van der Waals surface area contributed by atoms with Crippen molar-refractivity contribution in [1.82, 2.24) is 15.0 Å². The van der Waals surface area contributed by atoms with Crippen LogP contribution in [-0.2, 0) is 0 Å². The summed E-state index contributed by atoms with van der Waals surface area (Å²) >= 11 is 5.88. The minimum Gasteiger partial charge on any atom is -0.476 e. The van der Waals surface area contributed by atoms with Crippen LogP contribution in [0.1, 0.15) is 46.7 Å². The number of pyridine rings is 1. The Balaban J connectivity index is 1.78. The molecule has 3 heterocycles. The molecule has 3 aromatic rings. The fourth-order valence-electron chi connectivity index (χ4n) is 4.15. The number of aliphatic hydroxyl groups excluding tert-OH is 1. The van der Waals surface area contributed by atoms with E-state index in [2.05, 4.69) is 21.4 Å². The number of halogens is 1. The summed E-state index contributed by atoms with van der Waals surface area (Å²) < 4.78 is 0. The van der Waals surface area contributed by atoms with Gasteiger partial charge in [-0.25, -0.2) is 19.7 Å². The molecule has 2 aromatic heterocycles. The molecule has 0 amide bonds. The van der Waals surface area contributed by atoms with Crippen LogP contribution in [-0.4, -0.2) is 50.8 Å². The number of aliphatic hydroxyl groups is 1. The van der Waals surface area contributed by atoms with Gasteiger partial charge in [-0.3, -0.25) is 0 Å². The zero-order valence-corrected chi connectivity index (χ0v) is 19.0. The number of hydrogen-bond donors (Lipinski definition) is 3. The molecule has 2 atom stereocenters. The lowest BCUT2D eigenvalue weighted by atomic mass is 10.0. The van der Waals surface area contributed by atoms with E-state index >= 15 is 0 Å². The number of aromatic carboxylic acids is 1. The van der Waals surface area contributed by atoms with Crippen LogP contribution in [0.15, 0.2) is 24.3 Å². The zero-order valence-electron chi connectivity index (χ0n) is 18.2. The van der Waals surface area contributed by atoms with Gasteiger partial charge in [-0.05, 0) is 44.0 Å². The molecule has 10 heteroatoms. The molecule has 4 rings (SSSR count). The lowest BCUT2D eigenvalue weighted by Crippen LogP contribution is -2.23. The average molecular weight is 467 g/mol. The van der Waals surface area contributed by atoms with Gasteiger partial charge >= 0.3 is 5.97 Å². The molecular weight excluding hydrogens is 444 g/mol. The molecule has 1 aromatic carbocycles. The summed E-state index contributed by atoms with van der Waals surface area (Å²) in [7, 11) is 0. The van der Waals surface area contributed by atoms with Gasteiger partial charge in [0, 0.05) is 31.2 Å². The topological polar surface area (TPSA) is 135 Å². The first-order valence-electron chi connectivity index (χ1n) is 10.5. The summed E-state index contributed by atoms with van der Waals surface area (Å²) in [6.45, 7) is 5.21. The maximum atomic E-state index is 11.6. The lowest BCUT2D eigenvalue weighted by Gasteiger charge is -2.22. The van der Waals surface area contributed by atoms with E-state index < -0.39 is 5.97 Å². The Morgan fingerprint density at radius 1 is 1.36 bits per heavy atom. The van der Waals surface area contributed by atoms with Gasteiger partial charge in [0.15, 0.2) is 17.2 Å². The molecule has 1 aliphatic heterocycles. The van der Waals surface area contributed by atoms with Gasteiger partial charge in [-0.15, -0.1) is 0 Å². The summed E-state index contributed by atoms with van der Waals surface area (Å²) in [5.74, 6) is -0.550. The van der Waals surface area contributed by atoms with E-state index in [9.17, 15) is 20.3 Å². The van der Waals surface area contributed by atoms with Crippen LogP contribution in [0.25, 0.3) is 11.0 Å². The van der Waals surface area contributed by atoms with Crippen LogP contribution < -0.4 is 10.2 Å². The van der Waals surface area contributed by atoms with Crippen LogP contribution in [0.4, 0.5) is 11.5 Å². The van der Waals surface area contributed by atoms with E-state index in [4.69, 9.17) is 16.6 Å². The molecule has 9 nitrogen and oxygen atoms in total. The number of carboxylic acid groups (broad SMARTS) is 1. The Morgan fingerprint density at radius 2 is 2.15 bits per heavy atom. The first-order valence-corrected chi connectivity index (χ1v) is 10.9. The molecule has 0 radical (unpaired) electrons. The Morgan fingerprint density at radius 3 is 2.82 bits per heavy atom. The highest BCUT2D eigenvalue weighted by Crippen LogP contribution is 2.32. The number of anilines is 2. The monoisotopic (exact) mass is 466 g/mol. The molecule has 1 saturated heterocycles. The standard InChI is InChI=1S/C23H23ClN6O3/c1-12-7-15(13(2)26-16-3-4-19(24)28-21(16)23(32)33)20-17(8-12)27-18(9-25)22(29-20)30-6-5-14(10-30)11-31/h3-4,7-8,13-14,26,31H,5-6,10-11H2,1-2H3,(H,32,33)/t13-,14+/m1/s1. The molecule has 170 valence electrons. The highest BCUT2D eigenvalue weighted by molar-refractivity contribution is 6.29. The second kappa shape index (κ2) is 9.17. The van der Waals surface area contributed by atoms with E-state index in [0.717, 1.165) is 17.5 Å². The third-order valence-electron chi connectivity index (χ3n) is 5.78. The SMILES string of the molecule is Cc1cc([C@@H](C)Nc2ccc(Cl)nc2C(=O)O)c2nc(N3CC[C@H](CO)C3)c(C#N)nc2c1. The molecule has 3 N–H and O–H groups in total. The van der Waals surface area contributed by atoms with Gasteiger partial charge in [-0.2, -0.15) is 5.26 Å². The fourth-order valence-corrected chi connectivity index (χ4v) is 4.30. The average Bonchev–Trinajstić information content (AvgIpc) is 3.27. The highest BCUT2D eigenvalue weighted by Gasteiger charge is 2.27. The number of nitriles is 1. The van der Waals surface area contributed by atoms with Crippen LogP contribution in [0.2, 0.25) is 5.15 Å². The molecule has 0 unspecified atom stereocenters. The van der Waals surface area contributed by atoms with Crippen LogP contribution in [0, 0.1) is 24.2 Å². The fraction of sp³-hybridized carbons (Fsp3) is 0.348. The number of nitrogens with one attached hydrogen (secondary N) is 1. The van der Waals surface area contributed by atoms with E-state index in [1.807, 2.05) is 30.9 Å². The molecule has 0 saturated carbocycles. The number of nitrogens with zero attached hydrogens (tertiary/aromatic N) is 5. The van der Waals surface area contributed by atoms with E-state index in [-0.39, 0.29) is 35.1 Å². The van der Waals surface area contributed by atoms with Gasteiger partial charge in [0.25, 0.3) is 0 Å². The first kappa shape index (κ1) is 22.7. The summed E-state index contributed by atoms with van der Waals surface area (Å²) in [4.78, 5) is 27.0. The maximum absolute atomic E-state index is 11.6. The van der Waals surface area contributed by atoms with Gasteiger partial charge in [-0.1, -0.05) is 17.7 Å². The number of rotatable bonds is 6. The summed E-state index contributed by atoms with van der Waals surface area (Å²) in [5, 5.41) is 32.0. The Labute approximate surface area is 195 Å². The van der Waals surface area contributed by atoms with Crippen molar-refractivity contribution < 1.29 is 15.0 Å². The number of carbonyl (C=O) groups is 1. The Kier molecular flexibility index (Phi) is 6.31. The van der Waals surface area contributed by atoms with E-state index in [1.54, 1.807) is 6.07 Å². The van der Waals surface area contributed by atoms with Crippen molar-refractivity contribution in [1.29, 1.82) is 5.26 Å². The molecule has 0 aliphatic carbocycles. The number of carboxylic acids is 1. The van der Waals surface area contributed by atoms with Gasteiger partial charge in [0.2, 0.25) is 0 Å². The van der Waals surface area contributed by atoms with Crippen molar-refractivity contribution in [2.24, 2.45) is 5.92 Å². The van der Waals surface area contributed by atoms with Crippen molar-refractivity contribution in [2.75, 3.05) is 29.9 Å². The third kappa shape index (κ3) is 4.53. The second-order valence-corrected chi connectivity index (χ2v) is 8.60. The summed E-state index contributed by atoms with van der Waals surface area (Å²) in [5.41, 5.74) is 3.37. The number of fused-ring (bicyclic) bond motifs is 1. The first-order chi connectivity index (χ1) is 15.8. The Hall–Kier alpha value is -3.48. The zero-order chi connectivity index (χ0) is 23.7. The minimum absolute atomic E-state index is 0.0891. The largest absolute Gasteiger partial charge is 0.476 e. The van der Waals surface area contributed by atoms with Crippen LogP contribution >= 0.6 is 11.6 Å². The second-order valence-electron chi connectivity index (χ2n) is 8.21. The normalized spacial score (nSPS) is 16.6. The number of aryl methyl sites for hydroxylation is 1. The lowest BCUT2D eigenvalue weighted by molar-refractivity contribution is 0.0691. The molecule has 33 heavy (non-hydrogen) atoms. The maximum Gasteiger partial charge on any atom is 0.356 e. The van der Waals surface area contributed by atoms with Crippen molar-refractivity contribution in [3.8, 4) is 6.07 Å². The third-order valence-corrected chi connectivity index (χ3v) is 5.99. The molecule has 1 aliphatic rings. The minimum atomic E-state index is -1.19.